The van der Waals surface area contributed by atoms with Crippen molar-refractivity contribution in [3.63, 3.8) is 0 Å². The van der Waals surface area contributed by atoms with Gasteiger partial charge in [-0.05, 0) is 38.5 Å². The fraction of sp³-hybridized carbons (Fsp3) is 0.529. The van der Waals surface area contributed by atoms with Gasteiger partial charge in [-0.2, -0.15) is 4.31 Å². The van der Waals surface area contributed by atoms with Crippen LogP contribution in [0.4, 0.5) is 4.79 Å². The molecule has 1 saturated heterocycles. The topological polar surface area (TPSA) is 104 Å². The molecule has 0 aromatic heterocycles. The summed E-state index contributed by atoms with van der Waals surface area (Å²) in [6.07, 6.45) is -0.666. The molecule has 27 heavy (non-hydrogen) atoms. The number of halogens is 1. The van der Waals surface area contributed by atoms with Gasteiger partial charge in [0.1, 0.15) is 11.6 Å². The first-order valence-electron chi connectivity index (χ1n) is 8.34. The van der Waals surface area contributed by atoms with Gasteiger partial charge in [-0.25, -0.2) is 13.2 Å². The first-order valence-corrected chi connectivity index (χ1v) is 10.3. The van der Waals surface area contributed by atoms with Crippen LogP contribution in [-0.2, 0) is 25.3 Å². The molecule has 1 heterocycles. The third-order valence-corrected chi connectivity index (χ3v) is 5.95. The van der Waals surface area contributed by atoms with Crippen LogP contribution in [0.2, 0.25) is 5.02 Å². The molecular weight excluding hydrogens is 396 g/mol. The van der Waals surface area contributed by atoms with Gasteiger partial charge in [0.05, 0.1) is 12.3 Å². The Morgan fingerprint density at radius 1 is 1.30 bits per heavy atom. The van der Waals surface area contributed by atoms with Gasteiger partial charge in [0.15, 0.2) is 0 Å². The van der Waals surface area contributed by atoms with Crippen LogP contribution >= 0.6 is 11.6 Å². The van der Waals surface area contributed by atoms with Gasteiger partial charge in [-0.1, -0.05) is 23.7 Å². The van der Waals surface area contributed by atoms with Gasteiger partial charge in [-0.15, -0.1) is 0 Å². The normalized spacial score (nSPS) is 19.0. The van der Waals surface area contributed by atoms with Crippen molar-refractivity contribution >= 4 is 33.7 Å². The second kappa shape index (κ2) is 8.04. The van der Waals surface area contributed by atoms with E-state index in [0.717, 1.165) is 4.31 Å². The Morgan fingerprint density at radius 2 is 1.96 bits per heavy atom. The molecule has 1 N–H and O–H groups in total. The lowest BCUT2D eigenvalue weighted by Crippen LogP contribution is -2.59. The van der Waals surface area contributed by atoms with E-state index in [1.54, 1.807) is 39.0 Å². The van der Waals surface area contributed by atoms with E-state index in [1.165, 1.54) is 11.0 Å². The first kappa shape index (κ1) is 21.5. The molecule has 150 valence electrons. The number of carboxylic acid groups (broad SMARTS) is 1. The Kier molecular flexibility index (Phi) is 6.39. The number of carbonyl (C=O) groups is 2. The molecule has 0 saturated carbocycles. The zero-order chi connectivity index (χ0) is 20.4. The number of hydrogen-bond acceptors (Lipinski definition) is 5. The van der Waals surface area contributed by atoms with Crippen LogP contribution in [0, 0.1) is 0 Å². The quantitative estimate of drug-likeness (QED) is 0.803. The molecule has 1 aromatic carbocycles. The van der Waals surface area contributed by atoms with Gasteiger partial charge in [0, 0.05) is 18.1 Å². The zero-order valence-corrected chi connectivity index (χ0v) is 17.0. The van der Waals surface area contributed by atoms with Crippen LogP contribution in [-0.4, -0.2) is 66.1 Å². The number of carbonyl (C=O) groups excluding carboxylic acids is 1. The summed E-state index contributed by atoms with van der Waals surface area (Å²) in [7, 11) is -3.92. The van der Waals surface area contributed by atoms with Crippen molar-refractivity contribution in [2.24, 2.45) is 0 Å². The molecule has 1 aliphatic rings. The van der Waals surface area contributed by atoms with Gasteiger partial charge in [-0.3, -0.25) is 4.79 Å². The van der Waals surface area contributed by atoms with Gasteiger partial charge in [0.2, 0.25) is 10.0 Å². The van der Waals surface area contributed by atoms with E-state index in [4.69, 9.17) is 16.3 Å². The molecular formula is C17H23ClN2O6S. The zero-order valence-electron chi connectivity index (χ0n) is 15.4. The molecule has 1 fully saturated rings. The average Bonchev–Trinajstić information content (AvgIpc) is 2.52. The largest absolute Gasteiger partial charge is 0.480 e. The van der Waals surface area contributed by atoms with Crippen molar-refractivity contribution in [2.45, 2.75) is 38.2 Å². The number of nitrogens with zero attached hydrogens (tertiary/aromatic N) is 2. The Morgan fingerprint density at radius 3 is 2.52 bits per heavy atom. The van der Waals surface area contributed by atoms with Crippen molar-refractivity contribution < 1.29 is 27.9 Å². The van der Waals surface area contributed by atoms with Crippen LogP contribution in [0.1, 0.15) is 26.3 Å². The average molecular weight is 419 g/mol. The minimum absolute atomic E-state index is 0.0491. The molecule has 8 nitrogen and oxygen atoms in total. The molecule has 1 aliphatic heterocycles. The monoisotopic (exact) mass is 418 g/mol. The number of rotatable bonds is 4. The first-order chi connectivity index (χ1) is 12.4. The van der Waals surface area contributed by atoms with Crippen molar-refractivity contribution in [2.75, 3.05) is 19.6 Å². The highest BCUT2D eigenvalue weighted by molar-refractivity contribution is 7.88. The van der Waals surface area contributed by atoms with Crippen molar-refractivity contribution in [1.29, 1.82) is 0 Å². The third kappa shape index (κ3) is 5.82. The summed E-state index contributed by atoms with van der Waals surface area (Å²) in [5.74, 6) is -1.69. The lowest BCUT2D eigenvalue weighted by Gasteiger charge is -2.38. The van der Waals surface area contributed by atoms with Crippen molar-refractivity contribution in [3.8, 4) is 0 Å². The predicted octanol–water partition coefficient (Wildman–Crippen LogP) is 2.18. The van der Waals surface area contributed by atoms with E-state index in [0.29, 0.717) is 10.6 Å². The number of ether oxygens (including phenoxy) is 1. The highest BCUT2D eigenvalue weighted by Crippen LogP contribution is 2.21. The third-order valence-electron chi connectivity index (χ3n) is 3.86. The molecule has 0 radical (unpaired) electrons. The van der Waals surface area contributed by atoms with E-state index >= 15 is 0 Å². The summed E-state index contributed by atoms with van der Waals surface area (Å²) in [6, 6.07) is 5.00. The van der Waals surface area contributed by atoms with Crippen LogP contribution < -0.4 is 0 Å². The number of aliphatic carboxylic acids is 1. The fourth-order valence-electron chi connectivity index (χ4n) is 2.71. The molecule has 0 spiro atoms. The van der Waals surface area contributed by atoms with E-state index in [1.807, 2.05) is 0 Å². The molecule has 1 amide bonds. The van der Waals surface area contributed by atoms with Gasteiger partial charge < -0.3 is 14.7 Å². The van der Waals surface area contributed by atoms with E-state index in [9.17, 15) is 23.1 Å². The number of amides is 1. The second-order valence-corrected chi connectivity index (χ2v) is 9.64. The van der Waals surface area contributed by atoms with Crippen LogP contribution in [0.15, 0.2) is 24.3 Å². The second-order valence-electron chi connectivity index (χ2n) is 7.28. The maximum Gasteiger partial charge on any atom is 0.410 e. The minimum Gasteiger partial charge on any atom is -0.480 e. The highest BCUT2D eigenvalue weighted by Gasteiger charge is 2.41. The predicted molar refractivity (Wildman–Crippen MR) is 100 cm³/mol. The number of benzene rings is 1. The number of piperazine rings is 1. The van der Waals surface area contributed by atoms with Gasteiger partial charge >= 0.3 is 12.1 Å². The lowest BCUT2D eigenvalue weighted by molar-refractivity contribution is -0.143. The Balaban J connectivity index is 2.17. The van der Waals surface area contributed by atoms with E-state index in [2.05, 4.69) is 0 Å². The molecule has 0 bridgehead atoms. The van der Waals surface area contributed by atoms with E-state index < -0.39 is 33.7 Å². The Bertz CT molecular complexity index is 821. The molecule has 0 unspecified atom stereocenters. The molecule has 1 aromatic rings. The SMILES string of the molecule is CC(C)(C)OC(=O)N1CCN(S(=O)(=O)Cc2cccc(Cl)c2)[C@H](C(=O)O)C1. The van der Waals surface area contributed by atoms with Crippen molar-refractivity contribution in [3.05, 3.63) is 34.9 Å². The fourth-order valence-corrected chi connectivity index (χ4v) is 4.60. The summed E-state index contributed by atoms with van der Waals surface area (Å²) in [5.41, 5.74) is -0.271. The van der Waals surface area contributed by atoms with Crippen LogP contribution in [0.5, 0.6) is 0 Å². The summed E-state index contributed by atoms with van der Waals surface area (Å²) in [5, 5.41) is 9.90. The van der Waals surface area contributed by atoms with Crippen LogP contribution in [0.3, 0.4) is 0 Å². The van der Waals surface area contributed by atoms with E-state index in [-0.39, 0.29) is 25.4 Å². The molecule has 1 atom stereocenters. The Hall–Kier alpha value is -1.84. The summed E-state index contributed by atoms with van der Waals surface area (Å²) in [6.45, 7) is 4.74. The number of hydrogen-bond donors (Lipinski definition) is 1. The summed E-state index contributed by atoms with van der Waals surface area (Å²) >= 11 is 5.88. The Labute approximate surface area is 163 Å². The maximum absolute atomic E-state index is 12.8. The van der Waals surface area contributed by atoms with Crippen LogP contribution in [0.25, 0.3) is 0 Å². The smallest absolute Gasteiger partial charge is 0.410 e. The van der Waals surface area contributed by atoms with Gasteiger partial charge in [0.25, 0.3) is 0 Å². The highest BCUT2D eigenvalue weighted by atomic mass is 35.5. The number of carboxylic acids is 1. The minimum atomic E-state index is -3.92. The molecule has 2 rings (SSSR count). The lowest BCUT2D eigenvalue weighted by atomic mass is 10.2. The number of sulfonamides is 1. The van der Waals surface area contributed by atoms with Crippen molar-refractivity contribution in [1.82, 2.24) is 9.21 Å². The molecule has 10 heteroatoms. The molecule has 0 aliphatic carbocycles. The standard InChI is InChI=1S/C17H23ClN2O6S/c1-17(2,3)26-16(23)19-7-8-20(14(10-19)15(21)22)27(24,25)11-12-5-4-6-13(18)9-12/h4-6,9,14H,7-8,10-11H2,1-3H3,(H,21,22)/t14-/m0/s1. The summed E-state index contributed by atoms with van der Waals surface area (Å²) < 4.78 is 31.7. The maximum atomic E-state index is 12.8. The summed E-state index contributed by atoms with van der Waals surface area (Å²) in [4.78, 5) is 25.1.